The van der Waals surface area contributed by atoms with Crippen molar-refractivity contribution in [1.29, 1.82) is 5.26 Å². The molecular formula is C24H22FN5O4. The van der Waals surface area contributed by atoms with E-state index in [0.29, 0.717) is 28.6 Å². The minimum absolute atomic E-state index is 0.0340. The number of allylic oxidation sites excluding steroid dienone is 1. The standard InChI is InChI=1S/C24H22FN5O4/c1-33-19-11-16-14(9-12(19)3-2-8-26)15(10-17(29-16)22(27)31)24(30-23(32)28-13-4-5-13)7-6-18-20(25)21(24)34-18/h6,9-11,13H,2-5,7H2,1H3,(H2,27,31)(H2,28,30,32). The topological polar surface area (TPSA) is 139 Å². The number of rotatable bonds is 7. The number of carbonyl (C=O) groups is 2. The van der Waals surface area contributed by atoms with Gasteiger partial charge < -0.3 is 25.8 Å². The molecule has 0 saturated heterocycles. The van der Waals surface area contributed by atoms with Crippen LogP contribution in [0.1, 0.15) is 47.3 Å². The van der Waals surface area contributed by atoms with Crippen molar-refractivity contribution in [2.45, 2.75) is 43.7 Å². The molecule has 2 aliphatic carbocycles. The summed E-state index contributed by atoms with van der Waals surface area (Å²) in [5, 5.41) is 15.4. The number of methoxy groups -OCH3 is 1. The molecule has 34 heavy (non-hydrogen) atoms. The Kier molecular flexibility index (Phi) is 5.12. The molecule has 0 radical (unpaired) electrons. The number of amides is 3. The number of urea groups is 1. The lowest BCUT2D eigenvalue weighted by atomic mass is 9.77. The Morgan fingerprint density at radius 1 is 1.38 bits per heavy atom. The molecule has 2 bridgehead atoms. The van der Waals surface area contributed by atoms with Crippen LogP contribution in [0.3, 0.4) is 0 Å². The largest absolute Gasteiger partial charge is 0.496 e. The summed E-state index contributed by atoms with van der Waals surface area (Å²) >= 11 is 0. The molecule has 2 aromatic rings. The van der Waals surface area contributed by atoms with Gasteiger partial charge in [0.25, 0.3) is 5.91 Å². The van der Waals surface area contributed by atoms with Crippen molar-refractivity contribution < 1.29 is 23.5 Å². The van der Waals surface area contributed by atoms with Gasteiger partial charge in [0.05, 0.1) is 18.7 Å². The molecule has 1 atom stereocenters. The van der Waals surface area contributed by atoms with Crippen LogP contribution in [-0.2, 0) is 16.7 Å². The molecule has 1 saturated carbocycles. The molecule has 174 valence electrons. The lowest BCUT2D eigenvalue weighted by Crippen LogP contribution is -2.55. The second-order valence-corrected chi connectivity index (χ2v) is 8.55. The molecule has 4 N–H and O–H groups in total. The first kappa shape index (κ1) is 21.7. The number of aryl methyl sites for hydroxylation is 1. The number of hydrogen-bond acceptors (Lipinski definition) is 6. The maximum absolute atomic E-state index is 14.9. The Balaban J connectivity index is 1.74. The highest BCUT2D eigenvalue weighted by Gasteiger charge is 2.52. The van der Waals surface area contributed by atoms with Gasteiger partial charge in [-0.1, -0.05) is 0 Å². The van der Waals surface area contributed by atoms with Crippen molar-refractivity contribution in [2.75, 3.05) is 7.11 Å². The maximum Gasteiger partial charge on any atom is 0.316 e. The van der Waals surface area contributed by atoms with Gasteiger partial charge in [-0.05, 0) is 48.6 Å². The molecule has 1 unspecified atom stereocenters. The highest BCUT2D eigenvalue weighted by atomic mass is 19.1. The molecule has 9 nitrogen and oxygen atoms in total. The van der Waals surface area contributed by atoms with Gasteiger partial charge in [0.15, 0.2) is 11.5 Å². The van der Waals surface area contributed by atoms with Crippen LogP contribution in [0, 0.1) is 11.3 Å². The molecular weight excluding hydrogens is 441 g/mol. The van der Waals surface area contributed by atoms with Crippen LogP contribution >= 0.6 is 0 Å². The number of nitrogens with one attached hydrogen (secondary N) is 2. The second kappa shape index (κ2) is 8.02. The summed E-state index contributed by atoms with van der Waals surface area (Å²) in [7, 11) is 1.50. The number of carbonyl (C=O) groups excluding carboxylic acids is 2. The zero-order chi connectivity index (χ0) is 24.0. The summed E-state index contributed by atoms with van der Waals surface area (Å²) in [5.41, 5.74) is 5.62. The van der Waals surface area contributed by atoms with Gasteiger partial charge in [-0.15, -0.1) is 0 Å². The predicted molar refractivity (Wildman–Crippen MR) is 119 cm³/mol. The van der Waals surface area contributed by atoms with Crippen LogP contribution in [-0.4, -0.2) is 30.1 Å². The van der Waals surface area contributed by atoms with Gasteiger partial charge in [-0.2, -0.15) is 9.65 Å². The smallest absolute Gasteiger partial charge is 0.316 e. The van der Waals surface area contributed by atoms with Crippen molar-refractivity contribution >= 4 is 22.8 Å². The van der Waals surface area contributed by atoms with Crippen molar-refractivity contribution in [3.8, 4) is 11.8 Å². The molecule has 1 fully saturated rings. The van der Waals surface area contributed by atoms with Crippen molar-refractivity contribution in [2.24, 2.45) is 5.73 Å². The molecule has 6 rings (SSSR count). The van der Waals surface area contributed by atoms with Crippen LogP contribution < -0.4 is 21.1 Å². The van der Waals surface area contributed by atoms with E-state index in [9.17, 15) is 14.0 Å². The first-order valence-electron chi connectivity index (χ1n) is 10.9. The van der Waals surface area contributed by atoms with Crippen LogP contribution in [0.25, 0.3) is 10.9 Å². The average molecular weight is 463 g/mol. The lowest BCUT2D eigenvalue weighted by molar-refractivity contribution is 0.0995. The number of pyridine rings is 1. The number of ether oxygens (including phenoxy) is 2. The quantitative estimate of drug-likeness (QED) is 0.577. The maximum atomic E-state index is 14.9. The van der Waals surface area contributed by atoms with E-state index in [1.807, 2.05) is 0 Å². The Labute approximate surface area is 194 Å². The normalized spacial score (nSPS) is 20.6. The Morgan fingerprint density at radius 2 is 2.18 bits per heavy atom. The third-order valence-corrected chi connectivity index (χ3v) is 6.28. The number of nitrogens with two attached hydrogens (primary N) is 1. The Bertz CT molecular complexity index is 1340. The predicted octanol–water partition coefficient (Wildman–Crippen LogP) is 2.95. The van der Waals surface area contributed by atoms with E-state index in [2.05, 4.69) is 21.7 Å². The summed E-state index contributed by atoms with van der Waals surface area (Å²) < 4.78 is 26.0. The number of hydrogen-bond donors (Lipinski definition) is 3. The zero-order valence-corrected chi connectivity index (χ0v) is 18.4. The number of aromatic nitrogens is 1. The van der Waals surface area contributed by atoms with Crippen molar-refractivity contribution in [3.05, 3.63) is 58.4 Å². The molecule has 1 aromatic heterocycles. The minimum Gasteiger partial charge on any atom is -0.496 e. The van der Waals surface area contributed by atoms with Gasteiger partial charge in [0.2, 0.25) is 5.83 Å². The Hall–Kier alpha value is -4.13. The zero-order valence-electron chi connectivity index (χ0n) is 18.4. The van der Waals surface area contributed by atoms with Gasteiger partial charge in [-0.3, -0.25) is 4.79 Å². The average Bonchev–Trinajstić information content (AvgIpc) is 3.64. The molecule has 0 spiro atoms. The molecule has 3 heterocycles. The van der Waals surface area contributed by atoms with Gasteiger partial charge in [0.1, 0.15) is 17.0 Å². The third kappa shape index (κ3) is 3.50. The number of benzene rings is 1. The van der Waals surface area contributed by atoms with Gasteiger partial charge in [-0.25, -0.2) is 9.78 Å². The minimum atomic E-state index is -1.42. The lowest BCUT2D eigenvalue weighted by Gasteiger charge is -2.44. The fraction of sp³-hybridized carbons (Fsp3) is 0.333. The third-order valence-electron chi connectivity index (χ3n) is 6.28. The van der Waals surface area contributed by atoms with E-state index in [4.69, 9.17) is 20.5 Å². The fourth-order valence-corrected chi connectivity index (χ4v) is 4.41. The first-order chi connectivity index (χ1) is 16.4. The first-order valence-corrected chi connectivity index (χ1v) is 10.9. The molecule has 4 aliphatic rings. The summed E-state index contributed by atoms with van der Waals surface area (Å²) in [6.07, 6.45) is 4.20. The van der Waals surface area contributed by atoms with E-state index in [1.165, 1.54) is 13.2 Å². The van der Waals surface area contributed by atoms with E-state index < -0.39 is 23.3 Å². The molecule has 2 aliphatic heterocycles. The highest BCUT2D eigenvalue weighted by molar-refractivity contribution is 5.96. The second-order valence-electron chi connectivity index (χ2n) is 8.55. The highest BCUT2D eigenvalue weighted by Crippen LogP contribution is 2.52. The summed E-state index contributed by atoms with van der Waals surface area (Å²) in [6.45, 7) is 0. The fourth-order valence-electron chi connectivity index (χ4n) is 4.41. The SMILES string of the molecule is COc1cc2nc(C(N)=O)cc(C3(NC(=O)NC4CC4)CC=C4OC3=C4F)c2cc1CCC#N. The van der Waals surface area contributed by atoms with E-state index >= 15 is 0 Å². The van der Waals surface area contributed by atoms with Gasteiger partial charge in [0, 0.05) is 30.3 Å². The van der Waals surface area contributed by atoms with Crippen LogP contribution in [0.2, 0.25) is 0 Å². The molecule has 1 aromatic carbocycles. The van der Waals surface area contributed by atoms with Crippen LogP contribution in [0.5, 0.6) is 5.75 Å². The number of halogens is 1. The summed E-state index contributed by atoms with van der Waals surface area (Å²) in [4.78, 5) is 29.4. The number of nitriles is 1. The monoisotopic (exact) mass is 463 g/mol. The van der Waals surface area contributed by atoms with Crippen LogP contribution in [0.15, 0.2) is 41.6 Å². The van der Waals surface area contributed by atoms with Gasteiger partial charge >= 0.3 is 6.03 Å². The van der Waals surface area contributed by atoms with E-state index in [1.54, 1.807) is 18.2 Å². The summed E-state index contributed by atoms with van der Waals surface area (Å²) in [5.74, 6) is -0.744. The molecule has 3 amide bonds. The Morgan fingerprint density at radius 3 is 2.79 bits per heavy atom. The van der Waals surface area contributed by atoms with Crippen LogP contribution in [0.4, 0.5) is 9.18 Å². The van der Waals surface area contributed by atoms with E-state index in [-0.39, 0.29) is 36.1 Å². The number of nitrogens with zero attached hydrogens (tertiary/aromatic N) is 2. The number of primary amides is 1. The van der Waals surface area contributed by atoms with Crippen molar-refractivity contribution in [1.82, 2.24) is 15.6 Å². The number of fused-ring (bicyclic) bond motifs is 3. The van der Waals surface area contributed by atoms with Crippen molar-refractivity contribution in [3.63, 3.8) is 0 Å². The molecule has 10 heteroatoms. The summed E-state index contributed by atoms with van der Waals surface area (Å²) in [6, 6.07) is 6.61. The van der Waals surface area contributed by atoms with E-state index in [0.717, 1.165) is 18.4 Å².